The monoisotopic (exact) mass is 202 g/mol. The molecule has 0 rings (SSSR count). The number of carbonyl (C=O) groups is 2. The van der Waals surface area contributed by atoms with E-state index in [2.05, 4.69) is 0 Å². The molecule has 0 radical (unpaired) electrons. The number of likely N-dealkylation sites (N-methyl/N-ethyl adjacent to an activating group) is 1. The summed E-state index contributed by atoms with van der Waals surface area (Å²) in [6.07, 6.45) is 0. The summed E-state index contributed by atoms with van der Waals surface area (Å²) in [5.41, 5.74) is 10.3. The maximum Gasteiger partial charge on any atom is 0.318 e. The second kappa shape index (κ2) is 5.56. The number of urea groups is 1. The minimum absolute atomic E-state index is 0.0728. The lowest BCUT2D eigenvalue weighted by Crippen LogP contribution is -2.51. The zero-order chi connectivity index (χ0) is 11.3. The maximum absolute atomic E-state index is 11.3. The Kier molecular flexibility index (Phi) is 5.11. The van der Waals surface area contributed by atoms with Crippen LogP contribution >= 0.6 is 0 Å². The molecule has 0 aliphatic carbocycles. The summed E-state index contributed by atoms with van der Waals surface area (Å²) in [6.45, 7) is 4.03. The van der Waals surface area contributed by atoms with Gasteiger partial charge in [0.25, 0.3) is 0 Å². The van der Waals surface area contributed by atoms with Crippen LogP contribution in [0.2, 0.25) is 0 Å². The first-order chi connectivity index (χ1) is 6.40. The number of nitrogens with one attached hydrogen (secondary N) is 1. The molecular formula is C8H18N4O2. The largest absolute Gasteiger partial charge is 0.351 e. The van der Waals surface area contributed by atoms with E-state index >= 15 is 0 Å². The predicted octanol–water partition coefficient (Wildman–Crippen LogP) is -1.15. The topological polar surface area (TPSA) is 101 Å². The summed E-state index contributed by atoms with van der Waals surface area (Å²) in [7, 11) is 1.77. The lowest BCUT2D eigenvalue weighted by atomic mass is 10.2. The van der Waals surface area contributed by atoms with Gasteiger partial charge in [-0.3, -0.25) is 15.0 Å². The van der Waals surface area contributed by atoms with Crippen molar-refractivity contribution in [3.8, 4) is 0 Å². The Labute approximate surface area is 83.6 Å². The first kappa shape index (κ1) is 12.9. The van der Waals surface area contributed by atoms with Crippen molar-refractivity contribution in [2.45, 2.75) is 25.9 Å². The van der Waals surface area contributed by atoms with Crippen LogP contribution in [0.25, 0.3) is 0 Å². The molecule has 0 saturated heterocycles. The molecule has 0 spiro atoms. The van der Waals surface area contributed by atoms with Crippen molar-refractivity contribution < 1.29 is 9.59 Å². The van der Waals surface area contributed by atoms with Crippen LogP contribution in [-0.2, 0) is 4.79 Å². The molecule has 5 N–H and O–H groups in total. The highest BCUT2D eigenvalue weighted by Gasteiger charge is 2.21. The van der Waals surface area contributed by atoms with Gasteiger partial charge in [0.15, 0.2) is 0 Å². The summed E-state index contributed by atoms with van der Waals surface area (Å²) >= 11 is 0. The molecule has 6 nitrogen and oxygen atoms in total. The van der Waals surface area contributed by atoms with Gasteiger partial charge in [-0.15, -0.1) is 0 Å². The van der Waals surface area contributed by atoms with Crippen molar-refractivity contribution in [3.63, 3.8) is 0 Å². The van der Waals surface area contributed by atoms with E-state index in [1.165, 1.54) is 0 Å². The molecule has 2 atom stereocenters. The number of hydrogen-bond donors (Lipinski definition) is 3. The summed E-state index contributed by atoms with van der Waals surface area (Å²) in [5.74, 6) is -0.416. The fraction of sp³-hybridized carbons (Fsp3) is 0.750. The Balaban J connectivity index is 4.23. The highest BCUT2D eigenvalue weighted by molar-refractivity contribution is 5.96. The molecule has 3 amide bonds. The van der Waals surface area contributed by atoms with Gasteiger partial charge >= 0.3 is 6.03 Å². The van der Waals surface area contributed by atoms with E-state index in [0.29, 0.717) is 6.54 Å². The van der Waals surface area contributed by atoms with E-state index in [9.17, 15) is 9.59 Å². The van der Waals surface area contributed by atoms with Crippen LogP contribution < -0.4 is 16.8 Å². The van der Waals surface area contributed by atoms with Crippen LogP contribution in [-0.4, -0.2) is 42.5 Å². The highest BCUT2D eigenvalue weighted by Crippen LogP contribution is 2.00. The number of nitrogens with zero attached hydrogens (tertiary/aromatic N) is 1. The molecule has 2 unspecified atom stereocenters. The normalized spacial score (nSPS) is 14.9. The second-order valence-electron chi connectivity index (χ2n) is 3.28. The summed E-state index contributed by atoms with van der Waals surface area (Å²) in [5, 5.41) is 2.02. The molecule has 0 aromatic carbocycles. The molecule has 6 heteroatoms. The van der Waals surface area contributed by atoms with Crippen LogP contribution in [0.1, 0.15) is 13.8 Å². The smallest absolute Gasteiger partial charge is 0.318 e. The molecule has 0 fully saturated rings. The third kappa shape index (κ3) is 3.71. The number of amides is 3. The minimum atomic E-state index is -0.837. The van der Waals surface area contributed by atoms with Crippen LogP contribution in [0.15, 0.2) is 0 Å². The highest BCUT2D eigenvalue weighted by atomic mass is 16.2. The molecule has 0 aliphatic rings. The van der Waals surface area contributed by atoms with E-state index < -0.39 is 18.0 Å². The van der Waals surface area contributed by atoms with Crippen molar-refractivity contribution in [1.29, 1.82) is 0 Å². The molecule has 0 aromatic heterocycles. The second-order valence-corrected chi connectivity index (χ2v) is 3.28. The SMILES string of the molecule is CC(CN)N(C)C(C)C(=O)NC(N)=O. The molecular weight excluding hydrogens is 184 g/mol. The summed E-state index contributed by atoms with van der Waals surface area (Å²) in [6, 6.07) is -1.19. The molecule has 0 saturated carbocycles. The van der Waals surface area contributed by atoms with Crippen molar-refractivity contribution in [2.24, 2.45) is 11.5 Å². The number of nitrogens with two attached hydrogens (primary N) is 2. The average molecular weight is 202 g/mol. The molecule has 0 bridgehead atoms. The lowest BCUT2D eigenvalue weighted by molar-refractivity contribution is -0.124. The Morgan fingerprint density at radius 2 is 1.93 bits per heavy atom. The van der Waals surface area contributed by atoms with E-state index in [1.54, 1.807) is 18.9 Å². The number of carbonyl (C=O) groups excluding carboxylic acids is 2. The van der Waals surface area contributed by atoms with Gasteiger partial charge in [-0.2, -0.15) is 0 Å². The predicted molar refractivity (Wildman–Crippen MR) is 53.5 cm³/mol. The molecule has 0 aromatic rings. The average Bonchev–Trinajstić information content (AvgIpc) is 2.13. The Morgan fingerprint density at radius 3 is 2.29 bits per heavy atom. The van der Waals surface area contributed by atoms with E-state index in [0.717, 1.165) is 0 Å². The lowest BCUT2D eigenvalue weighted by Gasteiger charge is -2.28. The number of rotatable bonds is 4. The number of primary amides is 1. The fourth-order valence-corrected chi connectivity index (χ4v) is 0.959. The minimum Gasteiger partial charge on any atom is -0.351 e. The van der Waals surface area contributed by atoms with Gasteiger partial charge in [0.1, 0.15) is 0 Å². The van der Waals surface area contributed by atoms with Crippen molar-refractivity contribution in [3.05, 3.63) is 0 Å². The number of hydrogen-bond acceptors (Lipinski definition) is 4. The zero-order valence-corrected chi connectivity index (χ0v) is 8.78. The van der Waals surface area contributed by atoms with Gasteiger partial charge in [0.05, 0.1) is 6.04 Å². The quantitative estimate of drug-likeness (QED) is 0.535. The fourth-order valence-electron chi connectivity index (χ4n) is 0.959. The van der Waals surface area contributed by atoms with Gasteiger partial charge in [-0.05, 0) is 20.9 Å². The van der Waals surface area contributed by atoms with E-state index in [-0.39, 0.29) is 6.04 Å². The Morgan fingerprint density at radius 1 is 1.43 bits per heavy atom. The van der Waals surface area contributed by atoms with Crippen LogP contribution in [0.3, 0.4) is 0 Å². The standard InChI is InChI=1S/C8H18N4O2/c1-5(4-9)12(3)6(2)7(13)11-8(10)14/h5-6H,4,9H2,1-3H3,(H3,10,11,13,14). The van der Waals surface area contributed by atoms with Crippen molar-refractivity contribution >= 4 is 11.9 Å². The third-order valence-electron chi connectivity index (χ3n) is 2.27. The molecule has 0 aliphatic heterocycles. The zero-order valence-electron chi connectivity index (χ0n) is 8.78. The van der Waals surface area contributed by atoms with E-state index in [4.69, 9.17) is 11.5 Å². The van der Waals surface area contributed by atoms with Crippen molar-refractivity contribution in [1.82, 2.24) is 10.2 Å². The summed E-state index contributed by atoms with van der Waals surface area (Å²) in [4.78, 5) is 23.5. The Hall–Kier alpha value is -1.14. The molecule has 14 heavy (non-hydrogen) atoms. The van der Waals surface area contributed by atoms with Gasteiger partial charge in [0.2, 0.25) is 5.91 Å². The first-order valence-electron chi connectivity index (χ1n) is 4.42. The molecule has 0 heterocycles. The van der Waals surface area contributed by atoms with Crippen molar-refractivity contribution in [2.75, 3.05) is 13.6 Å². The van der Waals surface area contributed by atoms with E-state index in [1.807, 2.05) is 12.2 Å². The number of imide groups is 1. The summed E-state index contributed by atoms with van der Waals surface area (Å²) < 4.78 is 0. The van der Waals surface area contributed by atoms with Gasteiger partial charge < -0.3 is 11.5 Å². The van der Waals surface area contributed by atoms with Gasteiger partial charge in [-0.1, -0.05) is 0 Å². The third-order valence-corrected chi connectivity index (χ3v) is 2.27. The van der Waals surface area contributed by atoms with Crippen LogP contribution in [0.5, 0.6) is 0 Å². The maximum atomic E-state index is 11.3. The Bertz CT molecular complexity index is 219. The van der Waals surface area contributed by atoms with Crippen LogP contribution in [0.4, 0.5) is 4.79 Å². The first-order valence-corrected chi connectivity index (χ1v) is 4.42. The van der Waals surface area contributed by atoms with Crippen LogP contribution in [0, 0.1) is 0 Å². The van der Waals surface area contributed by atoms with Gasteiger partial charge in [0, 0.05) is 12.6 Å². The van der Waals surface area contributed by atoms with Gasteiger partial charge in [-0.25, -0.2) is 4.79 Å². The molecule has 82 valence electrons.